The van der Waals surface area contributed by atoms with Gasteiger partial charge in [-0.1, -0.05) is 0 Å². The van der Waals surface area contributed by atoms with Crippen LogP contribution in [0.1, 0.15) is 19.5 Å². The molecule has 1 rings (SSSR count). The van der Waals surface area contributed by atoms with Gasteiger partial charge in [0.05, 0.1) is 17.9 Å². The third-order valence-corrected chi connectivity index (χ3v) is 2.33. The molecule has 0 aliphatic heterocycles. The highest BCUT2D eigenvalue weighted by Gasteiger charge is 2.09. The molecule has 1 amide bonds. The summed E-state index contributed by atoms with van der Waals surface area (Å²) in [5.74, 6) is 0.731. The maximum Gasteiger partial charge on any atom is 0.239 e. The highest BCUT2D eigenvalue weighted by molar-refractivity contribution is 5.81. The largest absolute Gasteiger partial charge is 0.397 e. The zero-order valence-electron chi connectivity index (χ0n) is 10.8. The van der Waals surface area contributed by atoms with Crippen molar-refractivity contribution in [1.29, 1.82) is 0 Å². The molecular weight excluding hydrogens is 216 g/mol. The molecule has 0 atom stereocenters. The smallest absolute Gasteiger partial charge is 0.239 e. The lowest BCUT2D eigenvalue weighted by atomic mass is 10.3. The van der Waals surface area contributed by atoms with Crippen molar-refractivity contribution in [3.8, 4) is 0 Å². The van der Waals surface area contributed by atoms with Gasteiger partial charge in [-0.05, 0) is 32.9 Å². The predicted molar refractivity (Wildman–Crippen MR) is 69.9 cm³/mol. The standard InChI is InChI=1S/C12H20N4O/c1-8(2)14-12(17)7-16(4)11-6-5-10(13)9(3)15-11/h5-6,8H,7,13H2,1-4H3,(H,14,17). The van der Waals surface area contributed by atoms with Gasteiger partial charge in [-0.15, -0.1) is 0 Å². The Kier molecular flexibility index (Phi) is 4.31. The third kappa shape index (κ3) is 3.94. The van der Waals surface area contributed by atoms with E-state index in [9.17, 15) is 4.79 Å². The van der Waals surface area contributed by atoms with E-state index in [1.807, 2.05) is 33.9 Å². The molecule has 1 aromatic heterocycles. The van der Waals surface area contributed by atoms with E-state index in [0.29, 0.717) is 5.69 Å². The number of amides is 1. The summed E-state index contributed by atoms with van der Waals surface area (Å²) in [7, 11) is 1.83. The van der Waals surface area contributed by atoms with E-state index in [1.54, 1.807) is 11.0 Å². The van der Waals surface area contributed by atoms with E-state index in [0.717, 1.165) is 11.5 Å². The Morgan fingerprint density at radius 2 is 2.18 bits per heavy atom. The van der Waals surface area contributed by atoms with Crippen LogP contribution in [0.15, 0.2) is 12.1 Å². The number of rotatable bonds is 4. The quantitative estimate of drug-likeness (QED) is 0.816. The first-order valence-corrected chi connectivity index (χ1v) is 5.63. The van der Waals surface area contributed by atoms with Crippen LogP contribution >= 0.6 is 0 Å². The van der Waals surface area contributed by atoms with E-state index in [4.69, 9.17) is 5.73 Å². The molecule has 0 unspecified atom stereocenters. The zero-order valence-corrected chi connectivity index (χ0v) is 10.8. The number of anilines is 2. The SMILES string of the molecule is Cc1nc(N(C)CC(=O)NC(C)C)ccc1N. The van der Waals surface area contributed by atoms with Gasteiger partial charge in [-0.25, -0.2) is 4.98 Å². The number of nitrogens with one attached hydrogen (secondary N) is 1. The van der Waals surface area contributed by atoms with Crippen LogP contribution in [-0.2, 0) is 4.79 Å². The molecule has 0 fully saturated rings. The van der Waals surface area contributed by atoms with Crippen LogP contribution in [0, 0.1) is 6.92 Å². The summed E-state index contributed by atoms with van der Waals surface area (Å²) in [4.78, 5) is 17.7. The predicted octanol–water partition coefficient (Wildman–Crippen LogP) is 0.933. The second kappa shape index (κ2) is 5.52. The molecule has 5 heteroatoms. The summed E-state index contributed by atoms with van der Waals surface area (Å²) in [6, 6.07) is 3.76. The highest BCUT2D eigenvalue weighted by atomic mass is 16.2. The first-order chi connectivity index (χ1) is 7.90. The minimum Gasteiger partial charge on any atom is -0.397 e. The summed E-state index contributed by atoms with van der Waals surface area (Å²) in [6.07, 6.45) is 0. The van der Waals surface area contributed by atoms with Gasteiger partial charge in [0, 0.05) is 13.1 Å². The molecule has 1 heterocycles. The monoisotopic (exact) mass is 236 g/mol. The van der Waals surface area contributed by atoms with Gasteiger partial charge >= 0.3 is 0 Å². The van der Waals surface area contributed by atoms with Gasteiger partial charge in [-0.3, -0.25) is 4.79 Å². The average Bonchev–Trinajstić information content (AvgIpc) is 2.20. The van der Waals surface area contributed by atoms with Crippen molar-refractivity contribution >= 4 is 17.4 Å². The molecule has 0 saturated heterocycles. The number of carbonyl (C=O) groups excluding carboxylic acids is 1. The molecule has 1 aromatic rings. The van der Waals surface area contributed by atoms with Crippen molar-refractivity contribution in [1.82, 2.24) is 10.3 Å². The molecule has 0 aliphatic rings. The molecule has 17 heavy (non-hydrogen) atoms. The van der Waals surface area contributed by atoms with Crippen LogP contribution in [0.4, 0.5) is 11.5 Å². The number of aryl methyl sites for hydroxylation is 1. The lowest BCUT2D eigenvalue weighted by Crippen LogP contribution is -2.38. The number of hydrogen-bond acceptors (Lipinski definition) is 4. The summed E-state index contributed by atoms with van der Waals surface area (Å²) in [6.45, 7) is 6.00. The van der Waals surface area contributed by atoms with Gasteiger partial charge in [0.1, 0.15) is 5.82 Å². The molecular formula is C12H20N4O. The minimum atomic E-state index is -0.0150. The summed E-state index contributed by atoms with van der Waals surface area (Å²) < 4.78 is 0. The number of nitrogens with zero attached hydrogens (tertiary/aromatic N) is 2. The molecule has 0 spiro atoms. The van der Waals surface area contributed by atoms with Crippen molar-refractivity contribution in [3.05, 3.63) is 17.8 Å². The van der Waals surface area contributed by atoms with Crippen molar-refractivity contribution in [2.45, 2.75) is 26.8 Å². The minimum absolute atomic E-state index is 0.0150. The number of nitrogens with two attached hydrogens (primary N) is 1. The molecule has 0 saturated carbocycles. The second-order valence-corrected chi connectivity index (χ2v) is 4.42. The molecule has 0 aromatic carbocycles. The van der Waals surface area contributed by atoms with E-state index in [-0.39, 0.29) is 18.5 Å². The Hall–Kier alpha value is -1.78. The number of carbonyl (C=O) groups is 1. The lowest BCUT2D eigenvalue weighted by molar-refractivity contribution is -0.120. The fourth-order valence-corrected chi connectivity index (χ4v) is 1.44. The number of nitrogen functional groups attached to an aromatic ring is 1. The van der Waals surface area contributed by atoms with Crippen LogP contribution in [-0.4, -0.2) is 30.5 Å². The number of aromatic nitrogens is 1. The van der Waals surface area contributed by atoms with Gasteiger partial charge in [0.15, 0.2) is 0 Å². The fourth-order valence-electron chi connectivity index (χ4n) is 1.44. The first kappa shape index (κ1) is 13.3. The van der Waals surface area contributed by atoms with Crippen molar-refractivity contribution < 1.29 is 4.79 Å². The number of hydrogen-bond donors (Lipinski definition) is 2. The Morgan fingerprint density at radius 3 is 2.71 bits per heavy atom. The van der Waals surface area contributed by atoms with Crippen LogP contribution in [0.5, 0.6) is 0 Å². The molecule has 5 nitrogen and oxygen atoms in total. The van der Waals surface area contributed by atoms with Gasteiger partial charge in [0.2, 0.25) is 5.91 Å². The topological polar surface area (TPSA) is 71.2 Å². The van der Waals surface area contributed by atoms with Crippen LogP contribution in [0.3, 0.4) is 0 Å². The van der Waals surface area contributed by atoms with E-state index in [1.165, 1.54) is 0 Å². The van der Waals surface area contributed by atoms with Crippen LogP contribution in [0.25, 0.3) is 0 Å². The zero-order chi connectivity index (χ0) is 13.0. The first-order valence-electron chi connectivity index (χ1n) is 5.63. The van der Waals surface area contributed by atoms with Crippen LogP contribution < -0.4 is 16.0 Å². The maximum atomic E-state index is 11.6. The molecule has 3 N–H and O–H groups in total. The van der Waals surface area contributed by atoms with Gasteiger partial charge in [0.25, 0.3) is 0 Å². The molecule has 0 aliphatic carbocycles. The van der Waals surface area contributed by atoms with Gasteiger partial charge in [-0.2, -0.15) is 0 Å². The summed E-state index contributed by atoms with van der Waals surface area (Å²) >= 11 is 0. The van der Waals surface area contributed by atoms with Crippen molar-refractivity contribution in [3.63, 3.8) is 0 Å². The second-order valence-electron chi connectivity index (χ2n) is 4.42. The Morgan fingerprint density at radius 1 is 1.53 bits per heavy atom. The van der Waals surface area contributed by atoms with Crippen molar-refractivity contribution in [2.24, 2.45) is 0 Å². The number of pyridine rings is 1. The average molecular weight is 236 g/mol. The Labute approximate surface area is 102 Å². The van der Waals surface area contributed by atoms with E-state index >= 15 is 0 Å². The Bertz CT molecular complexity index is 403. The summed E-state index contributed by atoms with van der Waals surface area (Å²) in [5, 5.41) is 2.84. The molecule has 0 radical (unpaired) electrons. The van der Waals surface area contributed by atoms with Crippen LogP contribution in [0.2, 0.25) is 0 Å². The van der Waals surface area contributed by atoms with Gasteiger partial charge < -0.3 is 16.0 Å². The molecule has 94 valence electrons. The van der Waals surface area contributed by atoms with Crippen molar-refractivity contribution in [2.75, 3.05) is 24.2 Å². The van der Waals surface area contributed by atoms with E-state index < -0.39 is 0 Å². The number of likely N-dealkylation sites (N-methyl/N-ethyl adjacent to an activating group) is 1. The lowest BCUT2D eigenvalue weighted by Gasteiger charge is -2.19. The summed E-state index contributed by atoms with van der Waals surface area (Å²) in [5.41, 5.74) is 7.13. The normalized spacial score (nSPS) is 10.4. The van der Waals surface area contributed by atoms with E-state index in [2.05, 4.69) is 10.3 Å². The highest BCUT2D eigenvalue weighted by Crippen LogP contribution is 2.14. The Balaban J connectivity index is 2.66. The fraction of sp³-hybridized carbons (Fsp3) is 0.500. The third-order valence-electron chi connectivity index (χ3n) is 2.33. The molecule has 0 bridgehead atoms. The maximum absolute atomic E-state index is 11.6.